The third kappa shape index (κ3) is 4.76. The Morgan fingerprint density at radius 3 is 2.48 bits per heavy atom. The SMILES string of the molecule is CCOC(=O)c1cccc(NC(=O)N2CC(C)(c3ccccc3)C(c3ccc(Cl)cc3)=N2)c1. The summed E-state index contributed by atoms with van der Waals surface area (Å²) in [6, 6.07) is 23.7. The quantitative estimate of drug-likeness (QED) is 0.493. The number of carbonyl (C=O) groups excluding carboxylic acids is 2. The summed E-state index contributed by atoms with van der Waals surface area (Å²) in [7, 11) is 0. The van der Waals surface area contributed by atoms with Gasteiger partial charge in [0.2, 0.25) is 0 Å². The normalized spacial score (nSPS) is 17.4. The van der Waals surface area contributed by atoms with Crippen LogP contribution in [0, 0.1) is 0 Å². The predicted molar refractivity (Wildman–Crippen MR) is 130 cm³/mol. The van der Waals surface area contributed by atoms with Crippen LogP contribution in [-0.4, -0.2) is 35.9 Å². The number of benzene rings is 3. The molecule has 0 aliphatic carbocycles. The zero-order valence-corrected chi connectivity index (χ0v) is 19.2. The average Bonchev–Trinajstić information content (AvgIpc) is 3.19. The minimum absolute atomic E-state index is 0.281. The van der Waals surface area contributed by atoms with Crippen molar-refractivity contribution in [3.8, 4) is 0 Å². The summed E-state index contributed by atoms with van der Waals surface area (Å²) in [4.78, 5) is 25.2. The second-order valence-corrected chi connectivity index (χ2v) is 8.38. The van der Waals surface area contributed by atoms with E-state index in [2.05, 4.69) is 12.2 Å². The zero-order chi connectivity index (χ0) is 23.4. The molecule has 7 heteroatoms. The number of carbonyl (C=O) groups is 2. The van der Waals surface area contributed by atoms with E-state index in [1.54, 1.807) is 31.2 Å². The van der Waals surface area contributed by atoms with Gasteiger partial charge < -0.3 is 10.1 Å². The van der Waals surface area contributed by atoms with Crippen molar-refractivity contribution < 1.29 is 14.3 Å². The summed E-state index contributed by atoms with van der Waals surface area (Å²) >= 11 is 6.08. The molecule has 1 N–H and O–H groups in total. The van der Waals surface area contributed by atoms with Gasteiger partial charge in [-0.15, -0.1) is 0 Å². The molecule has 0 aromatic heterocycles. The Bertz CT molecular complexity index is 1190. The topological polar surface area (TPSA) is 71.0 Å². The van der Waals surface area contributed by atoms with E-state index in [-0.39, 0.29) is 12.6 Å². The number of amides is 2. The highest BCUT2D eigenvalue weighted by atomic mass is 35.5. The van der Waals surface area contributed by atoms with E-state index in [0.717, 1.165) is 16.8 Å². The lowest BCUT2D eigenvalue weighted by Gasteiger charge is -2.27. The van der Waals surface area contributed by atoms with Gasteiger partial charge in [-0.1, -0.05) is 60.1 Å². The molecular formula is C26H24ClN3O3. The first-order valence-corrected chi connectivity index (χ1v) is 11.0. The van der Waals surface area contributed by atoms with E-state index in [1.807, 2.05) is 54.6 Å². The van der Waals surface area contributed by atoms with E-state index >= 15 is 0 Å². The van der Waals surface area contributed by atoms with E-state index in [4.69, 9.17) is 21.4 Å². The summed E-state index contributed by atoms with van der Waals surface area (Å²) in [5.41, 5.74) is 3.07. The Labute approximate surface area is 197 Å². The minimum Gasteiger partial charge on any atom is -0.462 e. The molecule has 0 bridgehead atoms. The second-order valence-electron chi connectivity index (χ2n) is 7.94. The summed E-state index contributed by atoms with van der Waals surface area (Å²) in [6.45, 7) is 4.46. The molecule has 3 aromatic rings. The second kappa shape index (κ2) is 9.46. The number of urea groups is 1. The number of halogens is 1. The largest absolute Gasteiger partial charge is 0.462 e. The number of esters is 1. The summed E-state index contributed by atoms with van der Waals surface area (Å²) < 4.78 is 5.04. The van der Waals surface area contributed by atoms with Crippen molar-refractivity contribution in [2.24, 2.45) is 5.10 Å². The van der Waals surface area contributed by atoms with Crippen molar-refractivity contribution in [1.82, 2.24) is 5.01 Å². The molecule has 3 aromatic carbocycles. The van der Waals surface area contributed by atoms with Gasteiger partial charge in [-0.3, -0.25) is 0 Å². The number of nitrogens with one attached hydrogen (secondary N) is 1. The number of hydrogen-bond acceptors (Lipinski definition) is 4. The lowest BCUT2D eigenvalue weighted by molar-refractivity contribution is 0.0526. The standard InChI is InChI=1S/C26H24ClN3O3/c1-3-33-24(31)19-8-7-11-22(16-19)28-25(32)30-17-26(2,20-9-5-4-6-10-20)23(29-30)18-12-14-21(27)15-13-18/h4-16H,3,17H2,1-2H3,(H,28,32). The van der Waals surface area contributed by atoms with Crippen LogP contribution in [-0.2, 0) is 10.2 Å². The Hall–Kier alpha value is -3.64. The molecule has 33 heavy (non-hydrogen) atoms. The van der Waals surface area contributed by atoms with Crippen molar-refractivity contribution in [1.29, 1.82) is 0 Å². The predicted octanol–water partition coefficient (Wildman–Crippen LogP) is 5.73. The van der Waals surface area contributed by atoms with Gasteiger partial charge in [0.05, 0.1) is 29.8 Å². The fourth-order valence-corrected chi connectivity index (χ4v) is 4.03. The molecule has 0 fully saturated rings. The van der Waals surface area contributed by atoms with Gasteiger partial charge in [0, 0.05) is 10.7 Å². The first kappa shape index (κ1) is 22.6. The van der Waals surface area contributed by atoms with Gasteiger partial charge >= 0.3 is 12.0 Å². The molecule has 1 aliphatic heterocycles. The van der Waals surface area contributed by atoms with Crippen LogP contribution < -0.4 is 5.32 Å². The van der Waals surface area contributed by atoms with Gasteiger partial charge in [-0.05, 0) is 55.3 Å². The first-order chi connectivity index (χ1) is 15.9. The first-order valence-electron chi connectivity index (χ1n) is 10.7. The van der Waals surface area contributed by atoms with Crippen LogP contribution in [0.4, 0.5) is 10.5 Å². The van der Waals surface area contributed by atoms with Crippen molar-refractivity contribution in [2.75, 3.05) is 18.5 Å². The minimum atomic E-state index is -0.515. The maximum Gasteiger partial charge on any atom is 0.342 e. The van der Waals surface area contributed by atoms with Gasteiger partial charge in [-0.25, -0.2) is 14.6 Å². The highest BCUT2D eigenvalue weighted by molar-refractivity contribution is 6.30. The summed E-state index contributed by atoms with van der Waals surface area (Å²) in [5, 5.41) is 9.61. The zero-order valence-electron chi connectivity index (χ0n) is 18.4. The highest BCUT2D eigenvalue weighted by Gasteiger charge is 2.42. The maximum atomic E-state index is 13.1. The lowest BCUT2D eigenvalue weighted by atomic mass is 9.76. The average molecular weight is 462 g/mol. The molecule has 1 atom stereocenters. The van der Waals surface area contributed by atoms with Gasteiger partial charge in [-0.2, -0.15) is 5.10 Å². The van der Waals surface area contributed by atoms with E-state index in [0.29, 0.717) is 22.8 Å². The Morgan fingerprint density at radius 2 is 1.79 bits per heavy atom. The smallest absolute Gasteiger partial charge is 0.342 e. The monoisotopic (exact) mass is 461 g/mol. The van der Waals surface area contributed by atoms with Crippen LogP contribution in [0.15, 0.2) is 84.0 Å². The molecule has 0 radical (unpaired) electrons. The summed E-state index contributed by atoms with van der Waals surface area (Å²) in [5.74, 6) is -0.436. The Kier molecular flexibility index (Phi) is 6.47. The summed E-state index contributed by atoms with van der Waals surface area (Å²) in [6.07, 6.45) is 0. The third-order valence-corrected chi connectivity index (χ3v) is 5.85. The number of nitrogens with zero attached hydrogens (tertiary/aromatic N) is 2. The van der Waals surface area contributed by atoms with E-state index in [9.17, 15) is 9.59 Å². The van der Waals surface area contributed by atoms with E-state index in [1.165, 1.54) is 5.01 Å². The molecule has 0 spiro atoms. The van der Waals surface area contributed by atoms with Crippen LogP contribution >= 0.6 is 11.6 Å². The number of hydrazone groups is 1. The number of anilines is 1. The Balaban J connectivity index is 1.63. The molecule has 1 unspecified atom stereocenters. The van der Waals surface area contributed by atoms with Crippen LogP contribution in [0.1, 0.15) is 35.3 Å². The molecule has 6 nitrogen and oxygen atoms in total. The van der Waals surface area contributed by atoms with Gasteiger partial charge in [0.15, 0.2) is 0 Å². The van der Waals surface area contributed by atoms with Crippen LogP contribution in [0.5, 0.6) is 0 Å². The van der Waals surface area contributed by atoms with E-state index < -0.39 is 11.4 Å². The van der Waals surface area contributed by atoms with Crippen molar-refractivity contribution in [3.63, 3.8) is 0 Å². The highest BCUT2D eigenvalue weighted by Crippen LogP contribution is 2.35. The lowest BCUT2D eigenvalue weighted by Crippen LogP contribution is -2.38. The molecule has 1 aliphatic rings. The molecule has 0 saturated heterocycles. The molecule has 0 saturated carbocycles. The van der Waals surface area contributed by atoms with Crippen molar-refractivity contribution in [3.05, 3.63) is 101 Å². The van der Waals surface area contributed by atoms with Gasteiger partial charge in [0.25, 0.3) is 0 Å². The molecule has 168 valence electrons. The number of rotatable bonds is 5. The fourth-order valence-electron chi connectivity index (χ4n) is 3.90. The van der Waals surface area contributed by atoms with Crippen LogP contribution in [0.2, 0.25) is 5.02 Å². The number of ether oxygens (including phenoxy) is 1. The number of hydrogen-bond donors (Lipinski definition) is 1. The Morgan fingerprint density at radius 1 is 1.06 bits per heavy atom. The van der Waals surface area contributed by atoms with Crippen molar-refractivity contribution in [2.45, 2.75) is 19.3 Å². The van der Waals surface area contributed by atoms with Gasteiger partial charge in [0.1, 0.15) is 0 Å². The molecule has 1 heterocycles. The van der Waals surface area contributed by atoms with Crippen LogP contribution in [0.25, 0.3) is 0 Å². The molecule has 2 amide bonds. The molecule has 4 rings (SSSR count). The third-order valence-electron chi connectivity index (χ3n) is 5.60. The van der Waals surface area contributed by atoms with Crippen LogP contribution in [0.3, 0.4) is 0 Å². The maximum absolute atomic E-state index is 13.1. The fraction of sp³-hybridized carbons (Fsp3) is 0.192. The molecular weight excluding hydrogens is 438 g/mol. The van der Waals surface area contributed by atoms with Crippen molar-refractivity contribution >= 4 is 35.0 Å².